The number of halogens is 2. The Morgan fingerprint density at radius 2 is 1.96 bits per heavy atom. The van der Waals surface area contributed by atoms with Crippen LogP contribution in [0.4, 0.5) is 8.78 Å². The van der Waals surface area contributed by atoms with E-state index >= 15 is 0 Å². The fourth-order valence-electron chi connectivity index (χ4n) is 3.01. The van der Waals surface area contributed by atoms with Crippen molar-refractivity contribution in [3.05, 3.63) is 65.7 Å². The average molecular weight is 377 g/mol. The molecule has 2 aromatic carbocycles. The first-order valence-corrected chi connectivity index (χ1v) is 9.66. The lowest BCUT2D eigenvalue weighted by Crippen LogP contribution is -2.41. The molecule has 3 nitrogen and oxygen atoms in total. The zero-order chi connectivity index (χ0) is 18.5. The number of para-hydroxylation sites is 1. The van der Waals surface area contributed by atoms with Crippen LogP contribution >= 0.6 is 11.8 Å². The van der Waals surface area contributed by atoms with E-state index in [0.29, 0.717) is 36.6 Å². The van der Waals surface area contributed by atoms with E-state index in [9.17, 15) is 13.6 Å². The molecule has 1 heterocycles. The standard InChI is InChI=1S/C20H21F2NO2S/c1-14(25-16-5-3-2-4-6-16)20(24)23-10-9-19(26-12-11-23)17-13-15(21)7-8-18(17)22/h2-8,13-14,19H,9-12H2,1H3. The molecule has 0 N–H and O–H groups in total. The normalized spacial score (nSPS) is 18.9. The third-order valence-electron chi connectivity index (χ3n) is 4.36. The van der Waals surface area contributed by atoms with Crippen LogP contribution in [-0.4, -0.2) is 35.8 Å². The monoisotopic (exact) mass is 377 g/mol. The first-order chi connectivity index (χ1) is 12.5. The maximum Gasteiger partial charge on any atom is 0.263 e. The van der Waals surface area contributed by atoms with Crippen LogP contribution in [0.5, 0.6) is 5.75 Å². The number of nitrogens with zero attached hydrogens (tertiary/aromatic N) is 1. The number of rotatable bonds is 4. The van der Waals surface area contributed by atoms with Crippen LogP contribution < -0.4 is 4.74 Å². The summed E-state index contributed by atoms with van der Waals surface area (Å²) >= 11 is 1.56. The van der Waals surface area contributed by atoms with Gasteiger partial charge in [0.2, 0.25) is 0 Å². The van der Waals surface area contributed by atoms with Gasteiger partial charge in [-0.25, -0.2) is 8.78 Å². The molecule has 2 unspecified atom stereocenters. The van der Waals surface area contributed by atoms with Crippen molar-refractivity contribution < 1.29 is 18.3 Å². The highest BCUT2D eigenvalue weighted by Gasteiger charge is 2.27. The van der Waals surface area contributed by atoms with Gasteiger partial charge in [0.25, 0.3) is 5.91 Å². The Morgan fingerprint density at radius 1 is 1.19 bits per heavy atom. The molecule has 1 aliphatic rings. The molecule has 1 saturated heterocycles. The van der Waals surface area contributed by atoms with Crippen LogP contribution in [0.15, 0.2) is 48.5 Å². The van der Waals surface area contributed by atoms with E-state index in [0.717, 1.165) is 12.1 Å². The number of thioether (sulfide) groups is 1. The minimum atomic E-state index is -0.593. The highest BCUT2D eigenvalue weighted by Crippen LogP contribution is 2.36. The van der Waals surface area contributed by atoms with Gasteiger partial charge in [0.05, 0.1) is 0 Å². The third kappa shape index (κ3) is 4.55. The van der Waals surface area contributed by atoms with Crippen LogP contribution in [0.3, 0.4) is 0 Å². The minimum absolute atomic E-state index is 0.0881. The first-order valence-electron chi connectivity index (χ1n) is 8.61. The Balaban J connectivity index is 1.62. The van der Waals surface area contributed by atoms with Gasteiger partial charge in [-0.1, -0.05) is 18.2 Å². The molecule has 1 amide bonds. The van der Waals surface area contributed by atoms with Crippen molar-refractivity contribution in [3.63, 3.8) is 0 Å². The molecule has 2 atom stereocenters. The molecular weight excluding hydrogens is 356 g/mol. The van der Waals surface area contributed by atoms with Crippen molar-refractivity contribution in [3.8, 4) is 5.75 Å². The zero-order valence-corrected chi connectivity index (χ0v) is 15.3. The predicted molar refractivity (Wildman–Crippen MR) is 99.3 cm³/mol. The smallest absolute Gasteiger partial charge is 0.263 e. The Bertz CT molecular complexity index is 757. The Kier molecular flexibility index (Phi) is 6.14. The molecule has 0 aromatic heterocycles. The summed E-state index contributed by atoms with van der Waals surface area (Å²) in [5.41, 5.74) is 0.373. The SMILES string of the molecule is CC(Oc1ccccc1)C(=O)N1CCSC(c2cc(F)ccc2F)CC1. The van der Waals surface area contributed by atoms with Crippen molar-refractivity contribution in [1.82, 2.24) is 4.90 Å². The Hall–Kier alpha value is -2.08. The van der Waals surface area contributed by atoms with Crippen LogP contribution in [-0.2, 0) is 4.79 Å². The highest BCUT2D eigenvalue weighted by molar-refractivity contribution is 7.99. The van der Waals surface area contributed by atoms with E-state index in [1.807, 2.05) is 30.3 Å². The number of carbonyl (C=O) groups is 1. The van der Waals surface area contributed by atoms with E-state index in [-0.39, 0.29) is 11.2 Å². The summed E-state index contributed by atoms with van der Waals surface area (Å²) in [6.07, 6.45) is -0.0145. The van der Waals surface area contributed by atoms with Gasteiger partial charge in [0.1, 0.15) is 17.4 Å². The van der Waals surface area contributed by atoms with Gasteiger partial charge in [-0.2, -0.15) is 11.8 Å². The van der Waals surface area contributed by atoms with Gasteiger partial charge < -0.3 is 9.64 Å². The summed E-state index contributed by atoms with van der Waals surface area (Å²) in [7, 11) is 0. The fourth-order valence-corrected chi connectivity index (χ4v) is 4.25. The van der Waals surface area contributed by atoms with Gasteiger partial charge in [0.15, 0.2) is 6.10 Å². The van der Waals surface area contributed by atoms with Crippen LogP contribution in [0, 0.1) is 11.6 Å². The summed E-state index contributed by atoms with van der Waals surface area (Å²) in [6, 6.07) is 12.8. The summed E-state index contributed by atoms with van der Waals surface area (Å²) in [5, 5.41) is -0.158. The molecule has 2 aromatic rings. The molecule has 0 bridgehead atoms. The van der Waals surface area contributed by atoms with E-state index in [2.05, 4.69) is 0 Å². The van der Waals surface area contributed by atoms with Crippen molar-refractivity contribution >= 4 is 17.7 Å². The molecule has 1 aliphatic heterocycles. The van der Waals surface area contributed by atoms with E-state index in [4.69, 9.17) is 4.74 Å². The van der Waals surface area contributed by atoms with Gasteiger partial charge in [-0.3, -0.25) is 4.79 Å². The molecule has 1 fully saturated rings. The highest BCUT2D eigenvalue weighted by atomic mass is 32.2. The molecule has 0 radical (unpaired) electrons. The van der Waals surface area contributed by atoms with E-state index in [1.165, 1.54) is 6.07 Å². The number of benzene rings is 2. The average Bonchev–Trinajstić information content (AvgIpc) is 2.90. The fraction of sp³-hybridized carbons (Fsp3) is 0.350. The zero-order valence-electron chi connectivity index (χ0n) is 14.5. The summed E-state index contributed by atoms with van der Waals surface area (Å²) in [6.45, 7) is 2.80. The second-order valence-corrected chi connectivity index (χ2v) is 7.52. The molecule has 0 saturated carbocycles. The lowest BCUT2D eigenvalue weighted by atomic mass is 10.1. The summed E-state index contributed by atoms with van der Waals surface area (Å²) in [5.74, 6) is 0.394. The van der Waals surface area contributed by atoms with Crippen LogP contribution in [0.2, 0.25) is 0 Å². The summed E-state index contributed by atoms with van der Waals surface area (Å²) < 4.78 is 33.2. The van der Waals surface area contributed by atoms with Gasteiger partial charge in [-0.05, 0) is 43.7 Å². The van der Waals surface area contributed by atoms with Gasteiger partial charge >= 0.3 is 0 Å². The predicted octanol–water partition coefficient (Wildman–Crippen LogP) is 4.44. The van der Waals surface area contributed by atoms with Gasteiger partial charge in [-0.15, -0.1) is 0 Å². The molecule has 3 rings (SSSR count). The van der Waals surface area contributed by atoms with Crippen molar-refractivity contribution in [1.29, 1.82) is 0 Å². The molecule has 0 aliphatic carbocycles. The lowest BCUT2D eigenvalue weighted by molar-refractivity contribution is -0.137. The second kappa shape index (κ2) is 8.54. The minimum Gasteiger partial charge on any atom is -0.481 e. The Morgan fingerprint density at radius 3 is 2.73 bits per heavy atom. The van der Waals surface area contributed by atoms with Gasteiger partial charge in [0, 0.05) is 29.7 Å². The number of amides is 1. The topological polar surface area (TPSA) is 29.5 Å². The molecule has 0 spiro atoms. The maximum absolute atomic E-state index is 14.0. The third-order valence-corrected chi connectivity index (χ3v) is 5.67. The number of ether oxygens (including phenoxy) is 1. The van der Waals surface area contributed by atoms with Crippen LogP contribution in [0.25, 0.3) is 0 Å². The van der Waals surface area contributed by atoms with E-state index < -0.39 is 17.7 Å². The van der Waals surface area contributed by atoms with Crippen molar-refractivity contribution in [2.45, 2.75) is 24.7 Å². The number of hydrogen-bond acceptors (Lipinski definition) is 3. The molecule has 6 heteroatoms. The van der Waals surface area contributed by atoms with Crippen molar-refractivity contribution in [2.75, 3.05) is 18.8 Å². The summed E-state index contributed by atoms with van der Waals surface area (Å²) in [4.78, 5) is 14.4. The van der Waals surface area contributed by atoms with E-state index in [1.54, 1.807) is 23.6 Å². The molecular formula is C20H21F2NO2S. The number of carbonyl (C=O) groups excluding carboxylic acids is 1. The second-order valence-electron chi connectivity index (χ2n) is 6.21. The molecule has 138 valence electrons. The van der Waals surface area contributed by atoms with Crippen LogP contribution in [0.1, 0.15) is 24.2 Å². The Labute approximate surface area is 156 Å². The molecule has 26 heavy (non-hydrogen) atoms. The quantitative estimate of drug-likeness (QED) is 0.789. The maximum atomic E-state index is 14.0. The lowest BCUT2D eigenvalue weighted by Gasteiger charge is -2.24. The number of hydrogen-bond donors (Lipinski definition) is 0. The first kappa shape index (κ1) is 18.7. The van der Waals surface area contributed by atoms with Crippen molar-refractivity contribution in [2.24, 2.45) is 0 Å². The largest absolute Gasteiger partial charge is 0.481 e.